The van der Waals surface area contributed by atoms with Crippen molar-refractivity contribution in [1.29, 1.82) is 0 Å². The molecule has 0 aliphatic carbocycles. The van der Waals surface area contributed by atoms with E-state index in [0.29, 0.717) is 5.56 Å². The van der Waals surface area contributed by atoms with Gasteiger partial charge in [-0.25, -0.2) is 12.7 Å². The molecule has 0 saturated heterocycles. The number of hydrogen-bond acceptors (Lipinski definition) is 5. The molecule has 2 amide bonds. The number of aromatic nitrogens is 1. The van der Waals surface area contributed by atoms with Gasteiger partial charge in [-0.05, 0) is 18.2 Å². The second kappa shape index (κ2) is 7.41. The van der Waals surface area contributed by atoms with Crippen LogP contribution in [0.15, 0.2) is 58.4 Å². The van der Waals surface area contributed by atoms with Crippen LogP contribution in [0.2, 0.25) is 0 Å². The third-order valence-electron chi connectivity index (χ3n) is 3.34. The number of carbonyl (C=O) groups excluding carboxylic acids is 2. The molecule has 9 heteroatoms. The first-order valence-electron chi connectivity index (χ1n) is 7.24. The van der Waals surface area contributed by atoms with Crippen molar-refractivity contribution >= 4 is 21.8 Å². The summed E-state index contributed by atoms with van der Waals surface area (Å²) in [5.41, 5.74) is -0.257. The number of rotatable bonds is 5. The Hall–Kier alpha value is -2.78. The number of carbonyl (C=O) groups is 2. The van der Waals surface area contributed by atoms with Crippen LogP contribution in [0.25, 0.3) is 0 Å². The van der Waals surface area contributed by atoms with Crippen LogP contribution in [0, 0.1) is 0 Å². The quantitative estimate of drug-likeness (QED) is 0.808. The summed E-state index contributed by atoms with van der Waals surface area (Å²) in [6, 6.07) is 10.3. The molecule has 0 atom stereocenters. The summed E-state index contributed by atoms with van der Waals surface area (Å²) < 4.78 is 26.1. The highest BCUT2D eigenvalue weighted by Crippen LogP contribution is 2.10. The molecule has 1 N–H and O–H groups in total. The fourth-order valence-corrected chi connectivity index (χ4v) is 2.90. The Bertz CT molecular complexity index is 949. The third-order valence-corrected chi connectivity index (χ3v) is 5.14. The Balaban J connectivity index is 2.18. The molecule has 1 aromatic carbocycles. The highest BCUT2D eigenvalue weighted by molar-refractivity contribution is 7.89. The Morgan fingerprint density at radius 3 is 2.32 bits per heavy atom. The standard InChI is InChI=1S/C16H17N3O5S/c1-18(2)25(23,24)13-8-9-15(21)19(10-13)11-14(20)17-16(22)12-6-4-3-5-7-12/h3-10H,11H2,1-2H3,(H,17,20,22). The molecule has 0 radical (unpaired) electrons. The number of imide groups is 1. The Morgan fingerprint density at radius 2 is 1.72 bits per heavy atom. The smallest absolute Gasteiger partial charge is 0.257 e. The van der Waals surface area contributed by atoms with Gasteiger partial charge in [0.25, 0.3) is 11.5 Å². The molecule has 8 nitrogen and oxygen atoms in total. The van der Waals surface area contributed by atoms with Gasteiger partial charge in [-0.15, -0.1) is 0 Å². The average Bonchev–Trinajstić information content (AvgIpc) is 2.57. The molecule has 0 aliphatic rings. The summed E-state index contributed by atoms with van der Waals surface area (Å²) in [4.78, 5) is 35.6. The Kier molecular flexibility index (Phi) is 5.50. The minimum absolute atomic E-state index is 0.126. The zero-order chi connectivity index (χ0) is 18.6. The van der Waals surface area contributed by atoms with Crippen LogP contribution in [0.5, 0.6) is 0 Å². The van der Waals surface area contributed by atoms with E-state index in [1.165, 1.54) is 20.2 Å². The summed E-state index contributed by atoms with van der Waals surface area (Å²) in [7, 11) is -1.03. The minimum Gasteiger partial charge on any atom is -0.305 e. The molecule has 132 valence electrons. The second-order valence-electron chi connectivity index (χ2n) is 5.36. The first-order valence-corrected chi connectivity index (χ1v) is 8.68. The van der Waals surface area contributed by atoms with E-state index in [-0.39, 0.29) is 4.90 Å². The van der Waals surface area contributed by atoms with Gasteiger partial charge in [0.2, 0.25) is 15.9 Å². The van der Waals surface area contributed by atoms with Crippen molar-refractivity contribution < 1.29 is 18.0 Å². The maximum atomic E-state index is 12.1. The van der Waals surface area contributed by atoms with E-state index in [2.05, 4.69) is 5.32 Å². The molecule has 25 heavy (non-hydrogen) atoms. The van der Waals surface area contributed by atoms with Crippen LogP contribution in [-0.4, -0.2) is 43.2 Å². The molecule has 0 fully saturated rings. The van der Waals surface area contributed by atoms with Crippen molar-refractivity contribution in [3.63, 3.8) is 0 Å². The first kappa shape index (κ1) is 18.6. The van der Waals surface area contributed by atoms with Crippen molar-refractivity contribution in [1.82, 2.24) is 14.2 Å². The van der Waals surface area contributed by atoms with Crippen LogP contribution in [0.4, 0.5) is 0 Å². The number of nitrogens with zero attached hydrogens (tertiary/aromatic N) is 2. The third kappa shape index (κ3) is 4.40. The second-order valence-corrected chi connectivity index (χ2v) is 7.51. The van der Waals surface area contributed by atoms with Crippen LogP contribution in [0.1, 0.15) is 10.4 Å². The fourth-order valence-electron chi connectivity index (χ4n) is 1.98. The summed E-state index contributed by atoms with van der Waals surface area (Å²) >= 11 is 0. The normalized spacial score (nSPS) is 11.3. The lowest BCUT2D eigenvalue weighted by atomic mass is 10.2. The predicted molar refractivity (Wildman–Crippen MR) is 90.5 cm³/mol. The zero-order valence-corrected chi connectivity index (χ0v) is 14.5. The lowest BCUT2D eigenvalue weighted by Gasteiger charge is -2.13. The average molecular weight is 363 g/mol. The van der Waals surface area contributed by atoms with Crippen LogP contribution < -0.4 is 10.9 Å². The molecular weight excluding hydrogens is 346 g/mol. The van der Waals surface area contributed by atoms with Crippen LogP contribution >= 0.6 is 0 Å². The molecule has 1 heterocycles. The van der Waals surface area contributed by atoms with E-state index in [4.69, 9.17) is 0 Å². The lowest BCUT2D eigenvalue weighted by Crippen LogP contribution is -2.36. The van der Waals surface area contributed by atoms with Crippen molar-refractivity contribution in [2.45, 2.75) is 11.4 Å². The monoisotopic (exact) mass is 363 g/mol. The SMILES string of the molecule is CN(C)S(=O)(=O)c1ccc(=O)n(CC(=O)NC(=O)c2ccccc2)c1. The maximum Gasteiger partial charge on any atom is 0.257 e. The molecule has 0 saturated carbocycles. The highest BCUT2D eigenvalue weighted by atomic mass is 32.2. The summed E-state index contributed by atoms with van der Waals surface area (Å²) in [5, 5.41) is 2.16. The number of pyridine rings is 1. The van der Waals surface area contributed by atoms with Gasteiger partial charge >= 0.3 is 0 Å². The number of hydrogen-bond donors (Lipinski definition) is 1. The summed E-state index contributed by atoms with van der Waals surface area (Å²) in [6.07, 6.45) is 1.07. The fraction of sp³-hybridized carbons (Fsp3) is 0.188. The van der Waals surface area contributed by atoms with Crippen molar-refractivity contribution in [2.24, 2.45) is 0 Å². The number of amides is 2. The first-order chi connectivity index (χ1) is 11.7. The van der Waals surface area contributed by atoms with Crippen LogP contribution in [-0.2, 0) is 21.4 Å². The van der Waals surface area contributed by atoms with E-state index in [1.54, 1.807) is 30.3 Å². The molecule has 2 rings (SSSR count). The van der Waals surface area contributed by atoms with Gasteiger partial charge in [-0.3, -0.25) is 19.7 Å². The Morgan fingerprint density at radius 1 is 1.08 bits per heavy atom. The molecule has 0 spiro atoms. The minimum atomic E-state index is -3.74. The molecule has 0 bridgehead atoms. The van der Waals surface area contributed by atoms with Gasteiger partial charge in [0, 0.05) is 31.9 Å². The summed E-state index contributed by atoms with van der Waals surface area (Å²) in [5.74, 6) is -1.33. The maximum absolute atomic E-state index is 12.1. The molecule has 0 unspecified atom stereocenters. The highest BCUT2D eigenvalue weighted by Gasteiger charge is 2.19. The van der Waals surface area contributed by atoms with Gasteiger partial charge in [0.15, 0.2) is 0 Å². The molecule has 2 aromatic rings. The zero-order valence-electron chi connectivity index (χ0n) is 13.7. The van der Waals surface area contributed by atoms with E-state index >= 15 is 0 Å². The van der Waals surface area contributed by atoms with Gasteiger partial charge in [-0.2, -0.15) is 0 Å². The van der Waals surface area contributed by atoms with Gasteiger partial charge < -0.3 is 4.57 Å². The number of sulfonamides is 1. The van der Waals surface area contributed by atoms with Gasteiger partial charge in [0.05, 0.1) is 4.90 Å². The van der Waals surface area contributed by atoms with Gasteiger partial charge in [0.1, 0.15) is 6.54 Å². The number of benzene rings is 1. The number of nitrogens with one attached hydrogen (secondary N) is 1. The predicted octanol–water partition coefficient (Wildman–Crippen LogP) is 0.0552. The van der Waals surface area contributed by atoms with E-state index in [1.807, 2.05) is 0 Å². The van der Waals surface area contributed by atoms with Crippen molar-refractivity contribution in [3.05, 3.63) is 64.6 Å². The van der Waals surface area contributed by atoms with E-state index in [0.717, 1.165) is 21.1 Å². The Labute approximate surface area is 144 Å². The molecular formula is C16H17N3O5S. The van der Waals surface area contributed by atoms with Gasteiger partial charge in [-0.1, -0.05) is 18.2 Å². The lowest BCUT2D eigenvalue weighted by molar-refractivity contribution is -0.120. The summed E-state index contributed by atoms with van der Waals surface area (Å²) in [6.45, 7) is -0.478. The van der Waals surface area contributed by atoms with Crippen LogP contribution in [0.3, 0.4) is 0 Å². The van der Waals surface area contributed by atoms with Crippen molar-refractivity contribution in [2.75, 3.05) is 14.1 Å². The molecule has 1 aromatic heterocycles. The van der Waals surface area contributed by atoms with E-state index < -0.39 is 33.9 Å². The van der Waals surface area contributed by atoms with E-state index in [9.17, 15) is 22.8 Å². The largest absolute Gasteiger partial charge is 0.305 e. The topological polar surface area (TPSA) is 106 Å². The molecule has 0 aliphatic heterocycles. The van der Waals surface area contributed by atoms with Crippen molar-refractivity contribution in [3.8, 4) is 0 Å².